The molecule has 0 atom stereocenters. The van der Waals surface area contributed by atoms with Crippen LogP contribution in [0.5, 0.6) is 5.75 Å². The Bertz CT molecular complexity index is 944. The minimum Gasteiger partial charge on any atom is -0.497 e. The van der Waals surface area contributed by atoms with Crippen LogP contribution in [0.1, 0.15) is 25.3 Å². The van der Waals surface area contributed by atoms with Gasteiger partial charge in [-0.05, 0) is 42.8 Å². The Morgan fingerprint density at radius 2 is 1.93 bits per heavy atom. The zero-order chi connectivity index (χ0) is 19.9. The van der Waals surface area contributed by atoms with Gasteiger partial charge < -0.3 is 15.0 Å². The summed E-state index contributed by atoms with van der Waals surface area (Å²) >= 11 is 6.40. The lowest BCUT2D eigenvalue weighted by molar-refractivity contribution is 0.208. The van der Waals surface area contributed by atoms with Crippen LogP contribution in [0.4, 0.5) is 10.5 Å². The van der Waals surface area contributed by atoms with Gasteiger partial charge in [0.15, 0.2) is 0 Å². The SMILES string of the molecule is CCCCN(Cc1cc2ccccc2nc1Cl)C(=O)Nc1ccc(OC)cc1. The molecule has 0 aliphatic rings. The van der Waals surface area contributed by atoms with Crippen molar-refractivity contribution in [2.45, 2.75) is 26.3 Å². The minimum absolute atomic E-state index is 0.164. The minimum atomic E-state index is -0.164. The number of ether oxygens (including phenoxy) is 1. The van der Waals surface area contributed by atoms with Gasteiger partial charge in [0, 0.05) is 23.2 Å². The molecule has 1 aromatic heterocycles. The molecule has 0 fully saturated rings. The molecule has 2 aromatic carbocycles. The van der Waals surface area contributed by atoms with Crippen LogP contribution in [-0.2, 0) is 6.54 Å². The maximum absolute atomic E-state index is 12.9. The summed E-state index contributed by atoms with van der Waals surface area (Å²) < 4.78 is 5.16. The van der Waals surface area contributed by atoms with Crippen molar-refractivity contribution in [1.82, 2.24) is 9.88 Å². The number of hydrogen-bond donors (Lipinski definition) is 1. The molecule has 0 radical (unpaired) electrons. The molecule has 1 heterocycles. The third-order valence-corrected chi connectivity index (χ3v) is 4.85. The highest BCUT2D eigenvalue weighted by Crippen LogP contribution is 2.23. The summed E-state index contributed by atoms with van der Waals surface area (Å²) in [6.45, 7) is 3.14. The van der Waals surface area contributed by atoms with Gasteiger partial charge in [-0.3, -0.25) is 0 Å². The van der Waals surface area contributed by atoms with Crippen molar-refractivity contribution in [1.29, 1.82) is 0 Å². The van der Waals surface area contributed by atoms with E-state index in [-0.39, 0.29) is 6.03 Å². The number of nitrogens with one attached hydrogen (secondary N) is 1. The van der Waals surface area contributed by atoms with Crippen molar-refractivity contribution in [2.24, 2.45) is 0 Å². The number of anilines is 1. The summed E-state index contributed by atoms with van der Waals surface area (Å²) in [7, 11) is 1.61. The van der Waals surface area contributed by atoms with E-state index in [2.05, 4.69) is 17.2 Å². The van der Waals surface area contributed by atoms with Crippen molar-refractivity contribution in [3.05, 3.63) is 65.3 Å². The van der Waals surface area contributed by atoms with Crippen molar-refractivity contribution in [2.75, 3.05) is 19.0 Å². The summed E-state index contributed by atoms with van der Waals surface area (Å²) in [4.78, 5) is 19.1. The molecule has 0 spiro atoms. The van der Waals surface area contributed by atoms with E-state index in [0.717, 1.165) is 40.7 Å². The second-order valence-corrected chi connectivity index (χ2v) is 6.92. The molecule has 146 valence electrons. The van der Waals surface area contributed by atoms with Gasteiger partial charge in [0.2, 0.25) is 0 Å². The monoisotopic (exact) mass is 397 g/mol. The summed E-state index contributed by atoms with van der Waals surface area (Å²) in [6, 6.07) is 16.9. The van der Waals surface area contributed by atoms with Crippen LogP contribution in [0.3, 0.4) is 0 Å². The number of hydrogen-bond acceptors (Lipinski definition) is 3. The second-order valence-electron chi connectivity index (χ2n) is 6.56. The number of fused-ring (bicyclic) bond motifs is 1. The van der Waals surface area contributed by atoms with Crippen molar-refractivity contribution in [3.8, 4) is 5.75 Å². The molecule has 2 amide bonds. The molecule has 0 saturated heterocycles. The quantitative estimate of drug-likeness (QED) is 0.518. The summed E-state index contributed by atoms with van der Waals surface area (Å²) in [5.74, 6) is 0.745. The van der Waals surface area contributed by atoms with E-state index in [0.29, 0.717) is 18.2 Å². The topological polar surface area (TPSA) is 54.5 Å². The molecule has 3 rings (SSSR count). The maximum atomic E-state index is 12.9. The van der Waals surface area contributed by atoms with E-state index in [1.54, 1.807) is 12.0 Å². The molecule has 3 aromatic rings. The average Bonchev–Trinajstić information content (AvgIpc) is 2.71. The van der Waals surface area contributed by atoms with Crippen LogP contribution in [-0.4, -0.2) is 29.6 Å². The third-order valence-electron chi connectivity index (χ3n) is 4.52. The number of nitrogens with zero attached hydrogens (tertiary/aromatic N) is 2. The Balaban J connectivity index is 1.79. The van der Waals surface area contributed by atoms with Gasteiger partial charge in [0.1, 0.15) is 10.9 Å². The van der Waals surface area contributed by atoms with E-state index < -0.39 is 0 Å². The van der Waals surface area contributed by atoms with E-state index in [1.165, 1.54) is 0 Å². The molecular formula is C22H24ClN3O2. The molecular weight excluding hydrogens is 374 g/mol. The molecule has 28 heavy (non-hydrogen) atoms. The Kier molecular flexibility index (Phi) is 6.71. The van der Waals surface area contributed by atoms with E-state index in [1.807, 2.05) is 54.6 Å². The van der Waals surface area contributed by atoms with E-state index in [4.69, 9.17) is 16.3 Å². The molecule has 0 saturated carbocycles. The number of aromatic nitrogens is 1. The molecule has 1 N–H and O–H groups in total. The zero-order valence-corrected chi connectivity index (χ0v) is 16.9. The highest BCUT2D eigenvalue weighted by Gasteiger charge is 2.16. The fourth-order valence-corrected chi connectivity index (χ4v) is 3.14. The van der Waals surface area contributed by atoms with Gasteiger partial charge in [0.05, 0.1) is 19.2 Å². The predicted octanol–water partition coefficient (Wildman–Crippen LogP) is 5.73. The molecule has 6 heteroatoms. The van der Waals surface area contributed by atoms with Crippen LogP contribution < -0.4 is 10.1 Å². The van der Waals surface area contributed by atoms with Crippen LogP contribution in [0.2, 0.25) is 5.15 Å². The normalized spacial score (nSPS) is 10.7. The second kappa shape index (κ2) is 9.42. The Morgan fingerprint density at radius 3 is 2.64 bits per heavy atom. The lowest BCUT2D eigenvalue weighted by Crippen LogP contribution is -2.35. The molecule has 0 aliphatic heterocycles. The number of carbonyl (C=O) groups excluding carboxylic acids is 1. The number of unbranched alkanes of at least 4 members (excludes halogenated alkanes) is 1. The van der Waals surface area contributed by atoms with E-state index in [9.17, 15) is 4.79 Å². The van der Waals surface area contributed by atoms with Gasteiger partial charge in [-0.1, -0.05) is 43.1 Å². The molecule has 5 nitrogen and oxygen atoms in total. The highest BCUT2D eigenvalue weighted by molar-refractivity contribution is 6.30. The molecule has 0 bridgehead atoms. The predicted molar refractivity (Wildman–Crippen MR) is 114 cm³/mol. The fraction of sp³-hybridized carbons (Fsp3) is 0.273. The number of amides is 2. The summed E-state index contributed by atoms with van der Waals surface area (Å²) in [6.07, 6.45) is 1.91. The number of halogens is 1. The Hall–Kier alpha value is -2.79. The average molecular weight is 398 g/mol. The van der Waals surface area contributed by atoms with Crippen LogP contribution in [0.25, 0.3) is 10.9 Å². The van der Waals surface area contributed by atoms with Crippen molar-refractivity contribution < 1.29 is 9.53 Å². The first-order chi connectivity index (χ1) is 13.6. The number of rotatable bonds is 7. The van der Waals surface area contributed by atoms with Gasteiger partial charge in [0.25, 0.3) is 0 Å². The zero-order valence-electron chi connectivity index (χ0n) is 16.1. The summed E-state index contributed by atoms with van der Waals surface area (Å²) in [5, 5.41) is 4.38. The van der Waals surface area contributed by atoms with Crippen LogP contribution in [0.15, 0.2) is 54.6 Å². The number of urea groups is 1. The number of pyridine rings is 1. The number of para-hydroxylation sites is 1. The van der Waals surface area contributed by atoms with Crippen LogP contribution in [0, 0.1) is 0 Å². The summed E-state index contributed by atoms with van der Waals surface area (Å²) in [5.41, 5.74) is 2.40. The number of methoxy groups -OCH3 is 1. The van der Waals surface area contributed by atoms with Gasteiger partial charge in [-0.15, -0.1) is 0 Å². The van der Waals surface area contributed by atoms with Crippen LogP contribution >= 0.6 is 11.6 Å². The number of carbonyl (C=O) groups is 1. The first kappa shape index (κ1) is 20.0. The standard InChI is InChI=1S/C22H24ClN3O2/c1-3-4-13-26(22(27)24-18-9-11-19(28-2)12-10-18)15-17-14-16-7-5-6-8-20(16)25-21(17)23/h5-12,14H,3-4,13,15H2,1-2H3,(H,24,27). The lowest BCUT2D eigenvalue weighted by Gasteiger charge is -2.23. The largest absolute Gasteiger partial charge is 0.497 e. The van der Waals surface area contributed by atoms with Gasteiger partial charge in [-0.25, -0.2) is 9.78 Å². The Labute approximate surface area is 170 Å². The Morgan fingerprint density at radius 1 is 1.18 bits per heavy atom. The van der Waals surface area contributed by atoms with Crippen molar-refractivity contribution in [3.63, 3.8) is 0 Å². The fourth-order valence-electron chi connectivity index (χ4n) is 2.93. The lowest BCUT2D eigenvalue weighted by atomic mass is 10.1. The highest BCUT2D eigenvalue weighted by atomic mass is 35.5. The molecule has 0 unspecified atom stereocenters. The third kappa shape index (κ3) is 4.93. The maximum Gasteiger partial charge on any atom is 0.322 e. The van der Waals surface area contributed by atoms with Crippen molar-refractivity contribution >= 4 is 34.2 Å². The first-order valence-corrected chi connectivity index (χ1v) is 9.72. The number of benzene rings is 2. The first-order valence-electron chi connectivity index (χ1n) is 9.35. The van der Waals surface area contributed by atoms with Gasteiger partial charge >= 0.3 is 6.03 Å². The molecule has 0 aliphatic carbocycles. The van der Waals surface area contributed by atoms with Gasteiger partial charge in [-0.2, -0.15) is 0 Å². The smallest absolute Gasteiger partial charge is 0.322 e. The van der Waals surface area contributed by atoms with E-state index >= 15 is 0 Å².